The second-order valence-electron chi connectivity index (χ2n) is 8.38. The minimum absolute atomic E-state index is 0.104. The summed E-state index contributed by atoms with van der Waals surface area (Å²) in [4.78, 5) is 27.0. The number of ether oxygens (including phenoxy) is 2. The van der Waals surface area contributed by atoms with Crippen LogP contribution < -0.4 is 19.1 Å². The molecule has 0 radical (unpaired) electrons. The molecule has 0 aromatic heterocycles. The normalized spacial score (nSPS) is 13.6. The summed E-state index contributed by atoms with van der Waals surface area (Å²) >= 11 is 0. The lowest BCUT2D eigenvalue weighted by Gasteiger charge is -2.29. The highest BCUT2D eigenvalue weighted by atomic mass is 32.2. The second-order valence-corrected chi connectivity index (χ2v) is 10.3. The first-order valence-corrected chi connectivity index (χ1v) is 13.5. The van der Waals surface area contributed by atoms with E-state index in [9.17, 15) is 18.0 Å². The molecule has 1 N–H and O–H groups in total. The molecule has 1 unspecified atom stereocenters. The number of anilines is 1. The molecule has 3 rings (SSSR count). The Morgan fingerprint density at radius 2 is 1.71 bits per heavy atom. The molecule has 0 saturated heterocycles. The van der Waals surface area contributed by atoms with Crippen LogP contribution in [0.1, 0.15) is 25.3 Å². The number of nitrogens with zero attached hydrogens (tertiary/aromatic N) is 2. The Bertz CT molecular complexity index is 1120. The van der Waals surface area contributed by atoms with Gasteiger partial charge in [0.2, 0.25) is 21.8 Å². The third-order valence-corrected chi connectivity index (χ3v) is 7.06. The fraction of sp³-hybridized carbons (Fsp3) is 0.440. The molecule has 2 aromatic carbocycles. The van der Waals surface area contributed by atoms with Crippen LogP contribution in [0, 0.1) is 0 Å². The number of hydrogen-bond donors (Lipinski definition) is 1. The number of rotatable bonds is 11. The van der Waals surface area contributed by atoms with E-state index in [0.717, 1.165) is 11.8 Å². The van der Waals surface area contributed by atoms with Crippen LogP contribution in [0.5, 0.6) is 11.5 Å². The summed E-state index contributed by atoms with van der Waals surface area (Å²) < 4.78 is 37.4. The molecule has 190 valence electrons. The zero-order valence-electron chi connectivity index (χ0n) is 20.4. The molecule has 0 aliphatic carbocycles. The van der Waals surface area contributed by atoms with Crippen LogP contribution >= 0.6 is 0 Å². The van der Waals surface area contributed by atoms with E-state index in [2.05, 4.69) is 5.32 Å². The molecule has 35 heavy (non-hydrogen) atoms. The maximum Gasteiger partial charge on any atom is 0.242 e. The van der Waals surface area contributed by atoms with Crippen molar-refractivity contribution in [3.05, 3.63) is 54.1 Å². The van der Waals surface area contributed by atoms with Crippen LogP contribution in [0.3, 0.4) is 0 Å². The van der Waals surface area contributed by atoms with Crippen LogP contribution in [-0.4, -0.2) is 70.8 Å². The molecule has 1 aliphatic rings. The molecule has 2 amide bonds. The van der Waals surface area contributed by atoms with Crippen molar-refractivity contribution >= 4 is 27.5 Å². The van der Waals surface area contributed by atoms with Crippen molar-refractivity contribution in [1.82, 2.24) is 10.2 Å². The Morgan fingerprint density at radius 3 is 2.37 bits per heavy atom. The quantitative estimate of drug-likeness (QED) is 0.504. The molecule has 0 spiro atoms. The summed E-state index contributed by atoms with van der Waals surface area (Å²) in [5.41, 5.74) is 1.51. The molecule has 9 nitrogen and oxygen atoms in total. The summed E-state index contributed by atoms with van der Waals surface area (Å²) in [7, 11) is -2.06. The lowest BCUT2D eigenvalue weighted by atomic mass is 10.1. The third-order valence-electron chi connectivity index (χ3n) is 5.86. The van der Waals surface area contributed by atoms with Crippen LogP contribution in [-0.2, 0) is 26.0 Å². The summed E-state index contributed by atoms with van der Waals surface area (Å²) in [6.07, 6.45) is 2.14. The lowest BCUT2D eigenvalue weighted by Crippen LogP contribution is -2.48. The molecule has 1 atom stereocenters. The average molecular weight is 504 g/mol. The van der Waals surface area contributed by atoms with Gasteiger partial charge in [0, 0.05) is 32.6 Å². The monoisotopic (exact) mass is 503 g/mol. The topological polar surface area (TPSA) is 105 Å². The Labute approximate surface area is 207 Å². The standard InChI is InChI=1S/C25H33N3O6S/c1-19(25(30)26-2)27(15-13-20-8-5-4-6-9-20)24(29)10-7-14-28(35(3,31)32)21-11-12-22-23(18-21)34-17-16-33-22/h4-6,8-9,11-12,18-19H,7,10,13-17H2,1-3H3,(H,26,30). The van der Waals surface area contributed by atoms with Gasteiger partial charge in [-0.3, -0.25) is 13.9 Å². The van der Waals surface area contributed by atoms with Crippen molar-refractivity contribution < 1.29 is 27.5 Å². The van der Waals surface area contributed by atoms with E-state index in [1.165, 1.54) is 11.4 Å². The number of carbonyl (C=O) groups is 2. The predicted octanol–water partition coefficient (Wildman–Crippen LogP) is 2.21. The molecular weight excluding hydrogens is 470 g/mol. The minimum Gasteiger partial charge on any atom is -0.486 e. The van der Waals surface area contributed by atoms with E-state index >= 15 is 0 Å². The number of carbonyl (C=O) groups excluding carboxylic acids is 2. The molecule has 0 fully saturated rings. The number of amides is 2. The third kappa shape index (κ3) is 7.11. The smallest absolute Gasteiger partial charge is 0.242 e. The fourth-order valence-corrected chi connectivity index (χ4v) is 4.93. The number of sulfonamides is 1. The summed E-state index contributed by atoms with van der Waals surface area (Å²) in [6, 6.07) is 14.1. The van der Waals surface area contributed by atoms with Gasteiger partial charge in [-0.2, -0.15) is 0 Å². The SMILES string of the molecule is CNC(=O)C(C)N(CCc1ccccc1)C(=O)CCCN(c1ccc2c(c1)OCCO2)S(C)(=O)=O. The van der Waals surface area contributed by atoms with Crippen molar-refractivity contribution in [3.63, 3.8) is 0 Å². The van der Waals surface area contributed by atoms with E-state index in [1.807, 2.05) is 30.3 Å². The zero-order valence-corrected chi connectivity index (χ0v) is 21.2. The number of fused-ring (bicyclic) bond motifs is 1. The van der Waals surface area contributed by atoms with Crippen molar-refractivity contribution in [2.75, 3.05) is 43.9 Å². The molecular formula is C25H33N3O6S. The highest BCUT2D eigenvalue weighted by Gasteiger charge is 2.26. The van der Waals surface area contributed by atoms with Crippen LogP contribution in [0.15, 0.2) is 48.5 Å². The Morgan fingerprint density at radius 1 is 1.03 bits per heavy atom. The van der Waals surface area contributed by atoms with Gasteiger partial charge in [-0.15, -0.1) is 0 Å². The van der Waals surface area contributed by atoms with Gasteiger partial charge >= 0.3 is 0 Å². The lowest BCUT2D eigenvalue weighted by molar-refractivity contribution is -0.139. The maximum atomic E-state index is 13.1. The van der Waals surface area contributed by atoms with Gasteiger partial charge in [0.15, 0.2) is 11.5 Å². The van der Waals surface area contributed by atoms with Crippen LogP contribution in [0.4, 0.5) is 5.69 Å². The van der Waals surface area contributed by atoms with E-state index in [4.69, 9.17) is 9.47 Å². The molecule has 0 bridgehead atoms. The molecule has 2 aromatic rings. The van der Waals surface area contributed by atoms with Crippen molar-refractivity contribution in [2.45, 2.75) is 32.2 Å². The highest BCUT2D eigenvalue weighted by molar-refractivity contribution is 7.92. The molecule has 1 aliphatic heterocycles. The predicted molar refractivity (Wildman–Crippen MR) is 134 cm³/mol. The largest absolute Gasteiger partial charge is 0.486 e. The Hall–Kier alpha value is -3.27. The summed E-state index contributed by atoms with van der Waals surface area (Å²) in [5.74, 6) is 0.610. The second kappa shape index (κ2) is 11.9. The van der Waals surface area contributed by atoms with Crippen LogP contribution in [0.25, 0.3) is 0 Å². The first-order valence-electron chi connectivity index (χ1n) is 11.6. The Kier molecular flexibility index (Phi) is 8.97. The van der Waals surface area contributed by atoms with Crippen molar-refractivity contribution in [3.8, 4) is 11.5 Å². The minimum atomic E-state index is -3.59. The van der Waals surface area contributed by atoms with E-state index in [1.54, 1.807) is 30.0 Å². The van der Waals surface area contributed by atoms with Crippen molar-refractivity contribution in [1.29, 1.82) is 0 Å². The molecule has 10 heteroatoms. The first-order chi connectivity index (χ1) is 16.7. The van der Waals surface area contributed by atoms with E-state index in [0.29, 0.717) is 49.8 Å². The number of hydrogen-bond acceptors (Lipinski definition) is 6. The van der Waals surface area contributed by atoms with E-state index in [-0.39, 0.29) is 24.8 Å². The van der Waals surface area contributed by atoms with Gasteiger partial charge in [-0.05, 0) is 37.5 Å². The van der Waals surface area contributed by atoms with Gasteiger partial charge < -0.3 is 19.7 Å². The first kappa shape index (κ1) is 26.3. The molecule has 0 saturated carbocycles. The highest BCUT2D eigenvalue weighted by Crippen LogP contribution is 2.34. The zero-order chi connectivity index (χ0) is 25.4. The van der Waals surface area contributed by atoms with Gasteiger partial charge in [0.05, 0.1) is 11.9 Å². The van der Waals surface area contributed by atoms with E-state index < -0.39 is 16.1 Å². The van der Waals surface area contributed by atoms with Gasteiger partial charge in [0.25, 0.3) is 0 Å². The number of benzene rings is 2. The van der Waals surface area contributed by atoms with Crippen molar-refractivity contribution in [2.24, 2.45) is 0 Å². The number of nitrogens with one attached hydrogen (secondary N) is 1. The maximum absolute atomic E-state index is 13.1. The molecule has 1 heterocycles. The summed E-state index contributed by atoms with van der Waals surface area (Å²) in [5, 5.41) is 2.60. The fourth-order valence-electron chi connectivity index (χ4n) is 3.97. The Balaban J connectivity index is 1.68. The van der Waals surface area contributed by atoms with Gasteiger partial charge in [-0.1, -0.05) is 30.3 Å². The van der Waals surface area contributed by atoms with Crippen LogP contribution in [0.2, 0.25) is 0 Å². The summed E-state index contributed by atoms with van der Waals surface area (Å²) in [6.45, 7) is 3.03. The average Bonchev–Trinajstić information content (AvgIpc) is 2.85. The van der Waals surface area contributed by atoms with Gasteiger partial charge in [-0.25, -0.2) is 8.42 Å². The van der Waals surface area contributed by atoms with Gasteiger partial charge in [0.1, 0.15) is 19.3 Å². The number of likely N-dealkylation sites (N-methyl/N-ethyl adjacent to an activating group) is 1.